The first-order chi connectivity index (χ1) is 9.55. The van der Waals surface area contributed by atoms with Gasteiger partial charge in [0.25, 0.3) is 0 Å². The van der Waals surface area contributed by atoms with Crippen LogP contribution in [0, 0.1) is 17.3 Å². The molecule has 0 aromatic heterocycles. The predicted molar refractivity (Wildman–Crippen MR) is 82.9 cm³/mol. The molecular weight excluding hydrogens is 270 g/mol. The van der Waals surface area contributed by atoms with E-state index in [1.807, 2.05) is 0 Å². The predicted octanol–water partition coefficient (Wildman–Crippen LogP) is 4.26. The molecule has 114 valence electrons. The molecule has 2 atom stereocenters. The number of hydrogen-bond donors (Lipinski definition) is 1. The summed E-state index contributed by atoms with van der Waals surface area (Å²) in [4.78, 5) is 12.6. The van der Waals surface area contributed by atoms with Gasteiger partial charge in [-0.3, -0.25) is 4.79 Å². The number of carbonyl (C=O) groups is 1. The molecule has 4 saturated carbocycles. The molecule has 1 amide bonds. The van der Waals surface area contributed by atoms with Crippen molar-refractivity contribution in [3.05, 3.63) is 0 Å². The number of unbranched alkanes of at least 4 members (excludes halogenated alkanes) is 3. The molecule has 4 aliphatic carbocycles. The van der Waals surface area contributed by atoms with Crippen LogP contribution in [0.3, 0.4) is 0 Å². The number of halogens is 1. The molecule has 4 rings (SSSR count). The van der Waals surface area contributed by atoms with E-state index >= 15 is 0 Å². The number of alkyl halides is 1. The Morgan fingerprint density at radius 2 is 1.85 bits per heavy atom. The zero-order chi connectivity index (χ0) is 14.2. The third-order valence-electron chi connectivity index (χ3n) is 5.79. The Balaban J connectivity index is 1.57. The highest BCUT2D eigenvalue weighted by Gasteiger charge is 2.59. The van der Waals surface area contributed by atoms with Crippen LogP contribution in [0.15, 0.2) is 0 Å². The van der Waals surface area contributed by atoms with Crippen molar-refractivity contribution in [3.8, 4) is 0 Å². The molecule has 0 saturated heterocycles. The average Bonchev–Trinajstić information content (AvgIpc) is 2.35. The van der Waals surface area contributed by atoms with E-state index in [2.05, 4.69) is 12.2 Å². The minimum absolute atomic E-state index is 0.0520. The highest BCUT2D eigenvalue weighted by atomic mass is 35.5. The summed E-state index contributed by atoms with van der Waals surface area (Å²) in [6, 6.07) is 0. The van der Waals surface area contributed by atoms with Gasteiger partial charge in [0.15, 0.2) is 0 Å². The summed E-state index contributed by atoms with van der Waals surface area (Å²) in [6.07, 6.45) is 11.6. The number of carbonyl (C=O) groups excluding carboxylic acids is 1. The highest BCUT2D eigenvalue weighted by Crippen LogP contribution is 2.63. The van der Waals surface area contributed by atoms with Gasteiger partial charge < -0.3 is 5.32 Å². The first kappa shape index (κ1) is 14.7. The lowest BCUT2D eigenvalue weighted by Gasteiger charge is -2.59. The van der Waals surface area contributed by atoms with Crippen LogP contribution in [0.25, 0.3) is 0 Å². The molecule has 4 bridgehead atoms. The number of rotatable bonds is 6. The Morgan fingerprint density at radius 3 is 2.45 bits per heavy atom. The summed E-state index contributed by atoms with van der Waals surface area (Å²) < 4.78 is 0. The van der Waals surface area contributed by atoms with Crippen molar-refractivity contribution >= 4 is 17.5 Å². The third-order valence-corrected chi connectivity index (χ3v) is 6.23. The van der Waals surface area contributed by atoms with E-state index in [9.17, 15) is 4.79 Å². The van der Waals surface area contributed by atoms with Gasteiger partial charge in [0, 0.05) is 11.4 Å². The number of hydrogen-bond acceptors (Lipinski definition) is 1. The normalized spacial score (nSPS) is 41.9. The lowest BCUT2D eigenvalue weighted by atomic mass is 9.49. The summed E-state index contributed by atoms with van der Waals surface area (Å²) in [5.74, 6) is 1.73. The van der Waals surface area contributed by atoms with Crippen LogP contribution in [0.5, 0.6) is 0 Å². The molecule has 0 unspecified atom stereocenters. The first-order valence-electron chi connectivity index (χ1n) is 8.52. The number of amides is 1. The van der Waals surface area contributed by atoms with Gasteiger partial charge in [-0.05, 0) is 56.8 Å². The average molecular weight is 298 g/mol. The zero-order valence-corrected chi connectivity index (χ0v) is 13.5. The zero-order valence-electron chi connectivity index (χ0n) is 12.7. The summed E-state index contributed by atoms with van der Waals surface area (Å²) >= 11 is 6.79. The van der Waals surface area contributed by atoms with Crippen molar-refractivity contribution in [2.75, 3.05) is 6.54 Å². The Hall–Kier alpha value is -0.240. The van der Waals surface area contributed by atoms with Crippen LogP contribution in [0.1, 0.15) is 71.1 Å². The fourth-order valence-corrected chi connectivity index (χ4v) is 6.05. The maximum absolute atomic E-state index is 12.7. The fourth-order valence-electron chi connectivity index (χ4n) is 5.36. The molecule has 20 heavy (non-hydrogen) atoms. The third kappa shape index (κ3) is 2.73. The van der Waals surface area contributed by atoms with Crippen LogP contribution >= 0.6 is 11.6 Å². The minimum atomic E-state index is -0.114. The smallest absolute Gasteiger partial charge is 0.226 e. The Bertz CT molecular complexity index is 367. The van der Waals surface area contributed by atoms with Crippen LogP contribution in [0.2, 0.25) is 0 Å². The van der Waals surface area contributed by atoms with Gasteiger partial charge in [0.2, 0.25) is 5.91 Å². The van der Waals surface area contributed by atoms with E-state index in [0.717, 1.165) is 45.1 Å². The number of nitrogens with one attached hydrogen (secondary N) is 1. The van der Waals surface area contributed by atoms with Gasteiger partial charge in [-0.2, -0.15) is 0 Å². The Morgan fingerprint density at radius 1 is 1.15 bits per heavy atom. The molecule has 0 spiro atoms. The van der Waals surface area contributed by atoms with E-state index in [4.69, 9.17) is 11.6 Å². The molecule has 1 N–H and O–H groups in total. The van der Waals surface area contributed by atoms with Crippen molar-refractivity contribution in [2.24, 2.45) is 17.3 Å². The fraction of sp³-hybridized carbons (Fsp3) is 0.941. The Labute approximate surface area is 128 Å². The monoisotopic (exact) mass is 297 g/mol. The summed E-state index contributed by atoms with van der Waals surface area (Å²) in [7, 11) is 0. The molecule has 0 heterocycles. The van der Waals surface area contributed by atoms with Crippen LogP contribution in [-0.4, -0.2) is 17.3 Å². The topological polar surface area (TPSA) is 29.1 Å². The molecule has 4 fully saturated rings. The standard InChI is InChI=1S/C17H28ClNO/c1-2-3-4-5-6-19-15(20)16-8-13-7-14(9-16)11-17(18,10-13)12-16/h13-14H,2-12H2,1H3,(H,19,20)/t13-,14-,16?,17?/m0/s1. The van der Waals surface area contributed by atoms with E-state index in [1.54, 1.807) is 0 Å². The van der Waals surface area contributed by atoms with Crippen LogP contribution in [0.4, 0.5) is 0 Å². The van der Waals surface area contributed by atoms with Gasteiger partial charge in [0.05, 0.1) is 5.41 Å². The SMILES string of the molecule is CCCCCCNC(=O)C12C[C@@H]3C[C@H](CC(Cl)(C3)C1)C2. The van der Waals surface area contributed by atoms with Gasteiger partial charge in [-0.25, -0.2) is 0 Å². The summed E-state index contributed by atoms with van der Waals surface area (Å²) in [5, 5.41) is 3.22. The molecule has 3 heteroatoms. The molecule has 0 aromatic carbocycles. The molecule has 2 nitrogen and oxygen atoms in total. The van der Waals surface area contributed by atoms with E-state index in [0.29, 0.717) is 17.7 Å². The maximum atomic E-state index is 12.7. The second-order valence-electron chi connectivity index (χ2n) is 7.71. The lowest BCUT2D eigenvalue weighted by molar-refractivity contribution is -0.144. The first-order valence-corrected chi connectivity index (χ1v) is 8.90. The van der Waals surface area contributed by atoms with Gasteiger partial charge >= 0.3 is 0 Å². The Kier molecular flexibility index (Phi) is 4.05. The highest BCUT2D eigenvalue weighted by molar-refractivity contribution is 6.24. The quantitative estimate of drug-likeness (QED) is 0.576. The van der Waals surface area contributed by atoms with Crippen molar-refractivity contribution in [2.45, 2.75) is 76.0 Å². The summed E-state index contributed by atoms with van der Waals surface area (Å²) in [6.45, 7) is 3.07. The van der Waals surface area contributed by atoms with E-state index in [1.165, 1.54) is 25.7 Å². The van der Waals surface area contributed by atoms with Crippen molar-refractivity contribution in [1.29, 1.82) is 0 Å². The van der Waals surface area contributed by atoms with Crippen molar-refractivity contribution in [1.82, 2.24) is 5.32 Å². The molecular formula is C17H28ClNO. The molecule has 0 aliphatic heterocycles. The van der Waals surface area contributed by atoms with Crippen LogP contribution < -0.4 is 5.32 Å². The van der Waals surface area contributed by atoms with E-state index in [-0.39, 0.29) is 10.3 Å². The molecule has 0 radical (unpaired) electrons. The minimum Gasteiger partial charge on any atom is -0.356 e. The van der Waals surface area contributed by atoms with Crippen molar-refractivity contribution in [3.63, 3.8) is 0 Å². The van der Waals surface area contributed by atoms with Crippen LogP contribution in [-0.2, 0) is 4.79 Å². The van der Waals surface area contributed by atoms with Gasteiger partial charge in [-0.1, -0.05) is 26.2 Å². The lowest BCUT2D eigenvalue weighted by Crippen LogP contribution is -2.58. The van der Waals surface area contributed by atoms with Crippen molar-refractivity contribution < 1.29 is 4.79 Å². The maximum Gasteiger partial charge on any atom is 0.226 e. The molecule has 0 aromatic rings. The van der Waals surface area contributed by atoms with E-state index < -0.39 is 0 Å². The summed E-state index contributed by atoms with van der Waals surface area (Å²) in [5.41, 5.74) is -0.114. The second kappa shape index (κ2) is 5.51. The van der Waals surface area contributed by atoms with Gasteiger partial charge in [0.1, 0.15) is 0 Å². The van der Waals surface area contributed by atoms with Gasteiger partial charge in [-0.15, -0.1) is 11.6 Å². The molecule has 4 aliphatic rings. The largest absolute Gasteiger partial charge is 0.356 e. The second-order valence-corrected chi connectivity index (χ2v) is 8.51.